The Balaban J connectivity index is 1.68. The van der Waals surface area contributed by atoms with Crippen LogP contribution in [0.25, 0.3) is 22.0 Å². The second-order valence-corrected chi connectivity index (χ2v) is 9.88. The predicted octanol–water partition coefficient (Wildman–Crippen LogP) is 5.60. The van der Waals surface area contributed by atoms with Crippen molar-refractivity contribution in [3.8, 4) is 16.9 Å². The Morgan fingerprint density at radius 2 is 1.92 bits per heavy atom. The Hall–Kier alpha value is -3.03. The van der Waals surface area contributed by atoms with E-state index < -0.39 is 0 Å². The van der Waals surface area contributed by atoms with Crippen LogP contribution in [0.2, 0.25) is 0 Å². The fraction of sp³-hybridized carbons (Fsp3) is 0.448. The van der Waals surface area contributed by atoms with Gasteiger partial charge in [-0.2, -0.15) is 0 Å². The standard InChI is InChI=1S/C29H36FN3O3/c1-19-18-31-28-17-27(30)25(21-7-10-23(11-8-21)36-14-6-13-32(3)4)16-26(28)29(19)33(20(2)34)22-9-12-24(15-22)35-5/h7-8,10-11,16-18,22,24H,6,9,12-15H2,1-5H3. The number of methoxy groups -OCH3 is 1. The number of anilines is 1. The number of halogens is 1. The number of ether oxygens (including phenoxy) is 2. The van der Waals surface area contributed by atoms with Crippen LogP contribution >= 0.6 is 0 Å². The molecule has 3 aromatic rings. The number of aromatic nitrogens is 1. The first-order valence-corrected chi connectivity index (χ1v) is 12.6. The van der Waals surface area contributed by atoms with E-state index >= 15 is 4.39 Å². The van der Waals surface area contributed by atoms with Crippen molar-refractivity contribution < 1.29 is 18.7 Å². The van der Waals surface area contributed by atoms with E-state index in [4.69, 9.17) is 9.47 Å². The third kappa shape index (κ3) is 5.68. The number of hydrogen-bond acceptors (Lipinski definition) is 5. The van der Waals surface area contributed by atoms with Crippen LogP contribution in [0.4, 0.5) is 10.1 Å². The zero-order chi connectivity index (χ0) is 25.8. The van der Waals surface area contributed by atoms with E-state index in [2.05, 4.69) is 9.88 Å². The van der Waals surface area contributed by atoms with Crippen molar-refractivity contribution in [1.82, 2.24) is 9.88 Å². The molecule has 2 unspecified atom stereocenters. The summed E-state index contributed by atoms with van der Waals surface area (Å²) >= 11 is 0. The lowest BCUT2D eigenvalue weighted by Crippen LogP contribution is -2.38. The summed E-state index contributed by atoms with van der Waals surface area (Å²) in [7, 11) is 5.79. The summed E-state index contributed by atoms with van der Waals surface area (Å²) in [5.74, 6) is 0.377. The van der Waals surface area contributed by atoms with Gasteiger partial charge in [-0.3, -0.25) is 9.78 Å². The number of benzene rings is 2. The first-order chi connectivity index (χ1) is 17.3. The van der Waals surface area contributed by atoms with Gasteiger partial charge in [-0.1, -0.05) is 12.1 Å². The van der Waals surface area contributed by atoms with Crippen LogP contribution in [0.3, 0.4) is 0 Å². The maximum atomic E-state index is 15.2. The fourth-order valence-electron chi connectivity index (χ4n) is 5.10. The number of carbonyl (C=O) groups is 1. The normalized spacial score (nSPS) is 17.6. The smallest absolute Gasteiger partial charge is 0.224 e. The van der Waals surface area contributed by atoms with Crippen molar-refractivity contribution in [1.29, 1.82) is 0 Å². The molecule has 0 spiro atoms. The minimum Gasteiger partial charge on any atom is -0.494 e. The van der Waals surface area contributed by atoms with Gasteiger partial charge in [-0.05, 0) is 76.0 Å². The first-order valence-electron chi connectivity index (χ1n) is 12.6. The predicted molar refractivity (Wildman–Crippen MR) is 142 cm³/mol. The third-order valence-corrected chi connectivity index (χ3v) is 6.93. The molecule has 36 heavy (non-hydrogen) atoms. The van der Waals surface area contributed by atoms with Crippen molar-refractivity contribution in [2.45, 2.75) is 51.7 Å². The molecule has 1 fully saturated rings. The van der Waals surface area contributed by atoms with Gasteiger partial charge in [0.1, 0.15) is 11.6 Å². The summed E-state index contributed by atoms with van der Waals surface area (Å²) < 4.78 is 26.6. The number of rotatable bonds is 9. The van der Waals surface area contributed by atoms with Crippen molar-refractivity contribution in [3.05, 3.63) is 54.0 Å². The third-order valence-electron chi connectivity index (χ3n) is 6.93. The Morgan fingerprint density at radius 3 is 2.56 bits per heavy atom. The number of nitrogens with zero attached hydrogens (tertiary/aromatic N) is 3. The molecule has 2 aromatic carbocycles. The Kier molecular flexibility index (Phi) is 8.21. The molecule has 0 radical (unpaired) electrons. The summed E-state index contributed by atoms with van der Waals surface area (Å²) in [6.07, 6.45) is 5.35. The zero-order valence-electron chi connectivity index (χ0n) is 21.9. The minimum atomic E-state index is -0.348. The summed E-state index contributed by atoms with van der Waals surface area (Å²) in [5, 5.41) is 0.770. The number of amides is 1. The van der Waals surface area contributed by atoms with Crippen molar-refractivity contribution in [2.24, 2.45) is 0 Å². The van der Waals surface area contributed by atoms with Gasteiger partial charge in [0.05, 0.1) is 23.9 Å². The second kappa shape index (κ2) is 11.4. The van der Waals surface area contributed by atoms with Gasteiger partial charge in [-0.25, -0.2) is 4.39 Å². The van der Waals surface area contributed by atoms with Crippen molar-refractivity contribution in [3.63, 3.8) is 0 Å². The highest BCUT2D eigenvalue weighted by Crippen LogP contribution is 2.38. The average Bonchev–Trinajstić information content (AvgIpc) is 3.32. The van der Waals surface area contributed by atoms with Gasteiger partial charge in [-0.15, -0.1) is 0 Å². The molecule has 1 heterocycles. The van der Waals surface area contributed by atoms with Crippen molar-refractivity contribution in [2.75, 3.05) is 39.3 Å². The summed E-state index contributed by atoms with van der Waals surface area (Å²) in [5.41, 5.74) is 3.44. The monoisotopic (exact) mass is 493 g/mol. The molecule has 0 aliphatic heterocycles. The van der Waals surface area contributed by atoms with Crippen LogP contribution in [0.5, 0.6) is 5.75 Å². The molecule has 0 bridgehead atoms. The van der Waals surface area contributed by atoms with Crippen LogP contribution in [0, 0.1) is 12.7 Å². The molecule has 7 heteroatoms. The average molecular weight is 494 g/mol. The lowest BCUT2D eigenvalue weighted by atomic mass is 9.99. The van der Waals surface area contributed by atoms with E-state index in [9.17, 15) is 4.79 Å². The molecular formula is C29H36FN3O3. The highest BCUT2D eigenvalue weighted by Gasteiger charge is 2.33. The molecule has 1 aliphatic rings. The highest BCUT2D eigenvalue weighted by molar-refractivity contribution is 6.04. The maximum absolute atomic E-state index is 15.2. The molecule has 6 nitrogen and oxygen atoms in total. The number of aryl methyl sites for hydroxylation is 1. The lowest BCUT2D eigenvalue weighted by molar-refractivity contribution is -0.117. The SMILES string of the molecule is COC1CCC(N(C(C)=O)c2c(C)cnc3cc(F)c(-c4ccc(OCCCN(C)C)cc4)cc23)C1. The van der Waals surface area contributed by atoms with Gasteiger partial charge in [0, 0.05) is 49.8 Å². The van der Waals surface area contributed by atoms with Crippen molar-refractivity contribution >= 4 is 22.5 Å². The van der Waals surface area contributed by atoms with Gasteiger partial charge >= 0.3 is 0 Å². The molecule has 1 aliphatic carbocycles. The quantitative estimate of drug-likeness (QED) is 0.363. The number of pyridine rings is 1. The number of fused-ring (bicyclic) bond motifs is 1. The molecular weight excluding hydrogens is 457 g/mol. The summed E-state index contributed by atoms with van der Waals surface area (Å²) in [4.78, 5) is 21.4. The highest BCUT2D eigenvalue weighted by atomic mass is 19.1. The van der Waals surface area contributed by atoms with E-state index in [-0.39, 0.29) is 23.9 Å². The Labute approximate surface area is 213 Å². The largest absolute Gasteiger partial charge is 0.494 e. The van der Waals surface area contributed by atoms with Gasteiger partial charge in [0.2, 0.25) is 5.91 Å². The summed E-state index contributed by atoms with van der Waals surface area (Å²) in [6, 6.07) is 10.8. The number of carbonyl (C=O) groups excluding carboxylic acids is 1. The molecule has 192 valence electrons. The van der Waals surface area contributed by atoms with Gasteiger partial charge in [0.25, 0.3) is 0 Å². The minimum absolute atomic E-state index is 0.0333. The van der Waals surface area contributed by atoms with Crippen LogP contribution < -0.4 is 9.64 Å². The molecule has 1 aromatic heterocycles. The van der Waals surface area contributed by atoms with E-state index in [0.717, 1.165) is 60.2 Å². The zero-order valence-corrected chi connectivity index (χ0v) is 21.9. The molecule has 1 saturated carbocycles. The lowest BCUT2D eigenvalue weighted by Gasteiger charge is -2.30. The fourth-order valence-corrected chi connectivity index (χ4v) is 5.10. The molecule has 2 atom stereocenters. The number of hydrogen-bond donors (Lipinski definition) is 0. The topological polar surface area (TPSA) is 54.9 Å². The van der Waals surface area contributed by atoms with Crippen LogP contribution in [0.1, 0.15) is 38.2 Å². The van der Waals surface area contributed by atoms with Crippen LogP contribution in [-0.4, -0.2) is 62.3 Å². The molecule has 0 N–H and O–H groups in total. The van der Waals surface area contributed by atoms with Crippen LogP contribution in [0.15, 0.2) is 42.6 Å². The van der Waals surface area contributed by atoms with Gasteiger partial charge < -0.3 is 19.3 Å². The Bertz CT molecular complexity index is 1210. The summed E-state index contributed by atoms with van der Waals surface area (Å²) in [6.45, 7) is 5.13. The van der Waals surface area contributed by atoms with Gasteiger partial charge in [0.15, 0.2) is 0 Å². The molecule has 0 saturated heterocycles. The second-order valence-electron chi connectivity index (χ2n) is 9.88. The maximum Gasteiger partial charge on any atom is 0.224 e. The first kappa shape index (κ1) is 26.0. The van der Waals surface area contributed by atoms with E-state index in [0.29, 0.717) is 17.7 Å². The molecule has 1 amide bonds. The molecule has 4 rings (SSSR count). The van der Waals surface area contributed by atoms with E-state index in [1.54, 1.807) is 20.2 Å². The van der Waals surface area contributed by atoms with Crippen LogP contribution in [-0.2, 0) is 9.53 Å². The van der Waals surface area contributed by atoms with E-state index in [1.165, 1.54) is 6.07 Å². The van der Waals surface area contributed by atoms with E-state index in [1.807, 2.05) is 56.3 Å². The Morgan fingerprint density at radius 1 is 1.17 bits per heavy atom.